The zero-order valence-corrected chi connectivity index (χ0v) is 20.4. The summed E-state index contributed by atoms with van der Waals surface area (Å²) in [6.07, 6.45) is 9.46. The third-order valence-electron chi connectivity index (χ3n) is 8.02. The molecule has 1 aliphatic carbocycles. The number of benzene rings is 1. The van der Waals surface area contributed by atoms with E-state index < -0.39 is 0 Å². The van der Waals surface area contributed by atoms with Gasteiger partial charge in [-0.15, -0.1) is 0 Å². The summed E-state index contributed by atoms with van der Waals surface area (Å²) in [6, 6.07) is 11.5. The van der Waals surface area contributed by atoms with Gasteiger partial charge in [-0.05, 0) is 63.0 Å². The van der Waals surface area contributed by atoms with Crippen molar-refractivity contribution in [3.63, 3.8) is 0 Å². The predicted molar refractivity (Wildman–Crippen MR) is 138 cm³/mol. The molecule has 2 aliphatic heterocycles. The van der Waals surface area contributed by atoms with E-state index in [2.05, 4.69) is 25.9 Å². The number of fused-ring (bicyclic) bond motifs is 2. The van der Waals surface area contributed by atoms with Gasteiger partial charge in [0.2, 0.25) is 0 Å². The third-order valence-corrected chi connectivity index (χ3v) is 8.02. The van der Waals surface area contributed by atoms with Crippen LogP contribution in [-0.2, 0) is 5.41 Å². The first kappa shape index (κ1) is 22.9. The number of H-pyrrole nitrogens is 1. The van der Waals surface area contributed by atoms with Gasteiger partial charge in [0.25, 0.3) is 11.8 Å². The second-order valence-corrected chi connectivity index (χ2v) is 10.3. The Morgan fingerprint density at radius 3 is 2.58 bits per heavy atom. The summed E-state index contributed by atoms with van der Waals surface area (Å²) in [5.41, 5.74) is 4.73. The van der Waals surface area contributed by atoms with Gasteiger partial charge in [0.15, 0.2) is 5.82 Å². The largest absolute Gasteiger partial charge is 0.356 e. The number of nitrogens with one attached hydrogen (secondary N) is 4. The van der Waals surface area contributed by atoms with Gasteiger partial charge in [-0.25, -0.2) is 9.97 Å². The Morgan fingerprint density at radius 1 is 1.03 bits per heavy atom. The lowest BCUT2D eigenvalue weighted by Crippen LogP contribution is -2.51. The molecular weight excluding hydrogens is 452 g/mol. The fourth-order valence-corrected chi connectivity index (χ4v) is 5.89. The van der Waals surface area contributed by atoms with Gasteiger partial charge in [0.1, 0.15) is 0 Å². The predicted octanol–water partition coefficient (Wildman–Crippen LogP) is 3.57. The lowest BCUT2D eigenvalue weighted by molar-refractivity contribution is 0.0910. The number of amides is 2. The molecule has 2 amide bonds. The van der Waals surface area contributed by atoms with Crippen LogP contribution in [0.5, 0.6) is 0 Å². The van der Waals surface area contributed by atoms with Crippen molar-refractivity contribution in [2.45, 2.75) is 56.4 Å². The molecule has 8 nitrogen and oxygen atoms in total. The smallest absolute Gasteiger partial charge is 0.253 e. The maximum Gasteiger partial charge on any atom is 0.253 e. The number of piperidine rings is 1. The Labute approximate surface area is 210 Å². The van der Waals surface area contributed by atoms with Crippen LogP contribution in [0, 0.1) is 0 Å². The van der Waals surface area contributed by atoms with Crippen LogP contribution in [0.2, 0.25) is 0 Å². The number of hydrogen-bond donors (Lipinski definition) is 4. The van der Waals surface area contributed by atoms with E-state index in [0.29, 0.717) is 23.5 Å². The molecule has 1 saturated carbocycles. The molecule has 0 unspecified atom stereocenters. The van der Waals surface area contributed by atoms with Crippen molar-refractivity contribution in [2.75, 3.05) is 19.6 Å². The van der Waals surface area contributed by atoms with E-state index in [1.807, 2.05) is 36.4 Å². The van der Waals surface area contributed by atoms with Gasteiger partial charge in [-0.1, -0.05) is 31.4 Å². The first-order chi connectivity index (χ1) is 17.6. The number of aromatic nitrogens is 3. The maximum absolute atomic E-state index is 12.7. The van der Waals surface area contributed by atoms with E-state index in [9.17, 15) is 9.59 Å². The molecule has 1 aromatic carbocycles. The van der Waals surface area contributed by atoms with Crippen molar-refractivity contribution in [1.82, 2.24) is 30.9 Å². The minimum absolute atomic E-state index is 0.0230. The van der Waals surface area contributed by atoms with Crippen LogP contribution in [0.4, 0.5) is 0 Å². The SMILES string of the molecule is O=C(NC1CCCCC1)c1ccc(-c2nccc(-c3cc4c([nH]3)C3(CCNCC3)CNC4=O)n2)cc1. The molecule has 0 bridgehead atoms. The van der Waals surface area contributed by atoms with Crippen LogP contribution < -0.4 is 16.0 Å². The van der Waals surface area contributed by atoms with Crippen molar-refractivity contribution in [1.29, 1.82) is 0 Å². The summed E-state index contributed by atoms with van der Waals surface area (Å²) < 4.78 is 0. The molecule has 4 N–H and O–H groups in total. The van der Waals surface area contributed by atoms with Crippen LogP contribution >= 0.6 is 0 Å². The fourth-order valence-electron chi connectivity index (χ4n) is 5.89. The van der Waals surface area contributed by atoms with Crippen LogP contribution in [0.15, 0.2) is 42.6 Å². The second kappa shape index (κ2) is 9.50. The standard InChI is InChI=1S/C28H32N6O2/c35-26(32-20-4-2-1-3-5-20)19-8-6-18(7-9-19)25-30-13-10-22(34-25)23-16-21-24(33-23)28(17-31-27(21)36)11-14-29-15-12-28/h6-10,13,16,20,29,33H,1-5,11-12,14-15,17H2,(H,31,36)(H,32,35). The van der Waals surface area contributed by atoms with Crippen LogP contribution in [0.3, 0.4) is 0 Å². The van der Waals surface area contributed by atoms with E-state index in [0.717, 1.165) is 61.4 Å². The van der Waals surface area contributed by atoms with Crippen molar-refractivity contribution >= 4 is 11.8 Å². The van der Waals surface area contributed by atoms with Crippen LogP contribution in [-0.4, -0.2) is 52.4 Å². The number of carbonyl (C=O) groups is 2. The first-order valence-electron chi connectivity index (χ1n) is 13.1. The van der Waals surface area contributed by atoms with Crippen LogP contribution in [0.1, 0.15) is 71.4 Å². The third kappa shape index (κ3) is 4.30. The van der Waals surface area contributed by atoms with Gasteiger partial charge in [0, 0.05) is 41.0 Å². The molecule has 2 fully saturated rings. The molecule has 186 valence electrons. The second-order valence-electron chi connectivity index (χ2n) is 10.3. The molecule has 3 aromatic rings. The Morgan fingerprint density at radius 2 is 1.81 bits per heavy atom. The van der Waals surface area contributed by atoms with E-state index in [1.165, 1.54) is 19.3 Å². The number of aromatic amines is 1. The molecule has 1 spiro atoms. The van der Waals surface area contributed by atoms with Crippen molar-refractivity contribution in [3.05, 3.63) is 59.4 Å². The number of hydrogen-bond acceptors (Lipinski definition) is 5. The number of nitrogens with zero attached hydrogens (tertiary/aromatic N) is 2. The molecule has 8 heteroatoms. The number of carbonyl (C=O) groups excluding carboxylic acids is 2. The molecule has 2 aromatic heterocycles. The van der Waals surface area contributed by atoms with Gasteiger partial charge >= 0.3 is 0 Å². The summed E-state index contributed by atoms with van der Waals surface area (Å²) >= 11 is 0. The zero-order chi connectivity index (χ0) is 24.5. The highest BCUT2D eigenvalue weighted by molar-refractivity contribution is 5.98. The van der Waals surface area contributed by atoms with Crippen molar-refractivity contribution in [2.24, 2.45) is 0 Å². The molecule has 0 radical (unpaired) electrons. The van der Waals surface area contributed by atoms with E-state index in [-0.39, 0.29) is 23.3 Å². The van der Waals surface area contributed by atoms with Crippen molar-refractivity contribution in [3.8, 4) is 22.8 Å². The summed E-state index contributed by atoms with van der Waals surface area (Å²) in [6.45, 7) is 2.54. The monoisotopic (exact) mass is 484 g/mol. The van der Waals surface area contributed by atoms with E-state index in [1.54, 1.807) is 6.20 Å². The normalized spacial score (nSPS) is 19.5. The summed E-state index contributed by atoms with van der Waals surface area (Å²) in [5, 5.41) is 9.68. The fraction of sp³-hybridized carbons (Fsp3) is 0.429. The molecule has 36 heavy (non-hydrogen) atoms. The minimum atomic E-state index is -0.0589. The van der Waals surface area contributed by atoms with Gasteiger partial charge in [-0.3, -0.25) is 9.59 Å². The van der Waals surface area contributed by atoms with Gasteiger partial charge in [-0.2, -0.15) is 0 Å². The van der Waals surface area contributed by atoms with Gasteiger partial charge < -0.3 is 20.9 Å². The quantitative estimate of drug-likeness (QED) is 0.452. The highest BCUT2D eigenvalue weighted by Crippen LogP contribution is 2.39. The average molecular weight is 485 g/mol. The summed E-state index contributed by atoms with van der Waals surface area (Å²) in [4.78, 5) is 38.1. The highest BCUT2D eigenvalue weighted by atomic mass is 16.2. The molecule has 4 heterocycles. The maximum atomic E-state index is 12.7. The Bertz CT molecular complexity index is 1270. The zero-order valence-electron chi connectivity index (χ0n) is 20.4. The molecule has 6 rings (SSSR count). The minimum Gasteiger partial charge on any atom is -0.356 e. The summed E-state index contributed by atoms with van der Waals surface area (Å²) in [7, 11) is 0. The molecule has 0 atom stereocenters. The topological polar surface area (TPSA) is 112 Å². The van der Waals surface area contributed by atoms with E-state index in [4.69, 9.17) is 4.98 Å². The van der Waals surface area contributed by atoms with Crippen LogP contribution in [0.25, 0.3) is 22.8 Å². The van der Waals surface area contributed by atoms with Gasteiger partial charge in [0.05, 0.1) is 17.0 Å². The first-order valence-corrected chi connectivity index (χ1v) is 13.1. The molecular formula is C28H32N6O2. The number of rotatable bonds is 4. The Balaban J connectivity index is 1.24. The average Bonchev–Trinajstić information content (AvgIpc) is 3.40. The van der Waals surface area contributed by atoms with E-state index >= 15 is 0 Å². The Hall–Kier alpha value is -3.52. The highest BCUT2D eigenvalue weighted by Gasteiger charge is 2.42. The lowest BCUT2D eigenvalue weighted by atomic mass is 9.73. The Kier molecular flexibility index (Phi) is 6.05. The lowest BCUT2D eigenvalue weighted by Gasteiger charge is -2.40. The molecule has 3 aliphatic rings. The molecule has 1 saturated heterocycles. The van der Waals surface area contributed by atoms with Crippen molar-refractivity contribution < 1.29 is 9.59 Å². The summed E-state index contributed by atoms with van der Waals surface area (Å²) in [5.74, 6) is 0.526.